The summed E-state index contributed by atoms with van der Waals surface area (Å²) >= 11 is 10.1. The summed E-state index contributed by atoms with van der Waals surface area (Å²) in [7, 11) is 0. The lowest BCUT2D eigenvalue weighted by molar-refractivity contribution is 0.220. The van der Waals surface area contributed by atoms with E-state index in [0.29, 0.717) is 5.41 Å². The van der Waals surface area contributed by atoms with Gasteiger partial charge in [-0.15, -0.1) is 0 Å². The first-order valence-corrected chi connectivity index (χ1v) is 6.39. The quantitative estimate of drug-likeness (QED) is 0.749. The summed E-state index contributed by atoms with van der Waals surface area (Å²) in [5, 5.41) is 7.99. The van der Waals surface area contributed by atoms with Gasteiger partial charge in [0.15, 0.2) is 0 Å². The van der Waals surface area contributed by atoms with E-state index in [2.05, 4.69) is 43.7 Å². The van der Waals surface area contributed by atoms with Crippen molar-refractivity contribution in [3.8, 4) is 0 Å². The number of carbonyl (C=O) groups is 1. The summed E-state index contributed by atoms with van der Waals surface area (Å²) in [5.41, 5.74) is 0.356. The van der Waals surface area contributed by atoms with Crippen LogP contribution in [0.5, 0.6) is 0 Å². The van der Waals surface area contributed by atoms with Crippen LogP contribution in [0.2, 0.25) is 5.02 Å². The van der Waals surface area contributed by atoms with Crippen molar-refractivity contribution < 1.29 is 9.90 Å². The van der Waals surface area contributed by atoms with E-state index < -0.39 is 5.43 Å². The van der Waals surface area contributed by atoms with Crippen molar-refractivity contribution in [1.29, 1.82) is 0 Å². The maximum atomic E-state index is 8.77. The van der Waals surface area contributed by atoms with Crippen LogP contribution in [0.1, 0.15) is 25.8 Å². The average molecular weight is 287 g/mol. The van der Waals surface area contributed by atoms with Crippen LogP contribution in [0.3, 0.4) is 0 Å². The molecule has 18 heavy (non-hydrogen) atoms. The fourth-order valence-corrected chi connectivity index (χ4v) is 1.87. The van der Waals surface area contributed by atoms with E-state index in [1.165, 1.54) is 12.0 Å². The standard InChI is InChI=1S/C13H15Cl.CHClO2/c1-13(2)9-11(13)7-6-10-4-3-5-12(14)8-10;2-1(3)4/h3-8,11H,9H2,1-2H3;(H,3,4). The van der Waals surface area contributed by atoms with Gasteiger partial charge in [0, 0.05) is 16.6 Å². The zero-order valence-corrected chi connectivity index (χ0v) is 11.9. The molecule has 0 amide bonds. The third kappa shape index (κ3) is 5.56. The van der Waals surface area contributed by atoms with Gasteiger partial charge >= 0.3 is 5.43 Å². The van der Waals surface area contributed by atoms with Crippen LogP contribution in [0.4, 0.5) is 4.79 Å². The summed E-state index contributed by atoms with van der Waals surface area (Å²) in [6, 6.07) is 7.96. The minimum Gasteiger partial charge on any atom is -0.469 e. The number of hydrogen-bond acceptors (Lipinski definition) is 1. The Labute approximate surface area is 117 Å². The lowest BCUT2D eigenvalue weighted by atomic mass is 10.1. The van der Waals surface area contributed by atoms with E-state index in [4.69, 9.17) is 21.5 Å². The molecule has 1 aliphatic carbocycles. The Morgan fingerprint density at radius 1 is 1.50 bits per heavy atom. The molecule has 0 aliphatic heterocycles. The molecular weight excluding hydrogens is 271 g/mol. The molecule has 0 saturated heterocycles. The molecule has 0 spiro atoms. The molecule has 98 valence electrons. The van der Waals surface area contributed by atoms with E-state index in [0.717, 1.165) is 10.9 Å². The van der Waals surface area contributed by atoms with Crippen molar-refractivity contribution in [3.05, 3.63) is 40.9 Å². The predicted octanol–water partition coefficient (Wildman–Crippen LogP) is 5.30. The predicted molar refractivity (Wildman–Crippen MR) is 76.3 cm³/mol. The first-order valence-electron chi connectivity index (χ1n) is 5.63. The Hall–Kier alpha value is -0.990. The molecule has 1 aromatic rings. The van der Waals surface area contributed by atoms with Gasteiger partial charge in [0.25, 0.3) is 0 Å². The lowest BCUT2D eigenvalue weighted by Crippen LogP contribution is -1.85. The molecule has 1 atom stereocenters. The SMILES string of the molecule is CC1(C)CC1C=Cc1cccc(Cl)c1.O=C(O)Cl. The summed E-state index contributed by atoms with van der Waals surface area (Å²) in [6.45, 7) is 4.61. The Kier molecular flexibility index (Phi) is 5.24. The lowest BCUT2D eigenvalue weighted by Gasteiger charge is -1.97. The second-order valence-electron chi connectivity index (χ2n) is 4.97. The molecule has 2 rings (SSSR count). The van der Waals surface area contributed by atoms with Crippen molar-refractivity contribution in [1.82, 2.24) is 0 Å². The first kappa shape index (κ1) is 15.1. The maximum Gasteiger partial charge on any atom is 0.401 e. The molecule has 2 nitrogen and oxygen atoms in total. The summed E-state index contributed by atoms with van der Waals surface area (Å²) in [4.78, 5) is 8.77. The van der Waals surface area contributed by atoms with E-state index >= 15 is 0 Å². The topological polar surface area (TPSA) is 37.3 Å². The second kappa shape index (κ2) is 6.26. The smallest absolute Gasteiger partial charge is 0.401 e. The molecule has 0 radical (unpaired) electrons. The van der Waals surface area contributed by atoms with Gasteiger partial charge in [-0.05, 0) is 35.4 Å². The molecule has 4 heteroatoms. The van der Waals surface area contributed by atoms with Crippen molar-refractivity contribution >= 4 is 34.7 Å². The van der Waals surface area contributed by atoms with Gasteiger partial charge in [0.1, 0.15) is 0 Å². The van der Waals surface area contributed by atoms with E-state index in [1.807, 2.05) is 18.2 Å². The Morgan fingerprint density at radius 2 is 2.06 bits per heavy atom. The Balaban J connectivity index is 0.000000357. The third-order valence-corrected chi connectivity index (χ3v) is 3.19. The minimum atomic E-state index is -1.36. The van der Waals surface area contributed by atoms with E-state index in [-0.39, 0.29) is 0 Å². The highest BCUT2D eigenvalue weighted by Crippen LogP contribution is 2.52. The number of benzene rings is 1. The Bertz CT molecular complexity index is 449. The normalized spacial score (nSPS) is 20.1. The first-order chi connectivity index (χ1) is 8.31. The molecule has 1 saturated carbocycles. The number of hydrogen-bond donors (Lipinski definition) is 1. The van der Waals surface area contributed by atoms with E-state index in [1.54, 1.807) is 0 Å². The van der Waals surface area contributed by atoms with Crippen LogP contribution in [-0.2, 0) is 0 Å². The molecule has 0 heterocycles. The zero-order valence-electron chi connectivity index (χ0n) is 10.4. The van der Waals surface area contributed by atoms with Gasteiger partial charge in [-0.2, -0.15) is 0 Å². The molecule has 1 N–H and O–H groups in total. The van der Waals surface area contributed by atoms with Gasteiger partial charge in [0.05, 0.1) is 0 Å². The zero-order chi connectivity index (χ0) is 13.8. The summed E-state index contributed by atoms with van der Waals surface area (Å²) < 4.78 is 0. The van der Waals surface area contributed by atoms with Crippen molar-refractivity contribution in [3.63, 3.8) is 0 Å². The van der Waals surface area contributed by atoms with Crippen LogP contribution in [-0.4, -0.2) is 10.5 Å². The fraction of sp³-hybridized carbons (Fsp3) is 0.357. The van der Waals surface area contributed by atoms with Gasteiger partial charge in [-0.1, -0.05) is 49.7 Å². The monoisotopic (exact) mass is 286 g/mol. The molecule has 1 aromatic carbocycles. The molecule has 1 fully saturated rings. The maximum absolute atomic E-state index is 8.77. The minimum absolute atomic E-state index is 0.523. The molecule has 1 unspecified atom stereocenters. The Morgan fingerprint density at radius 3 is 2.50 bits per heavy atom. The number of carboxylic acid groups (broad SMARTS) is 1. The fourth-order valence-electron chi connectivity index (χ4n) is 1.67. The van der Waals surface area contributed by atoms with Crippen molar-refractivity contribution in [2.45, 2.75) is 20.3 Å². The largest absolute Gasteiger partial charge is 0.469 e. The molecule has 0 aromatic heterocycles. The van der Waals surface area contributed by atoms with Gasteiger partial charge in [-0.25, -0.2) is 4.79 Å². The van der Waals surface area contributed by atoms with Crippen LogP contribution in [0, 0.1) is 11.3 Å². The molecule has 0 bridgehead atoms. The van der Waals surface area contributed by atoms with Gasteiger partial charge < -0.3 is 5.11 Å². The van der Waals surface area contributed by atoms with Crippen molar-refractivity contribution in [2.24, 2.45) is 11.3 Å². The molecular formula is C14H16Cl2O2. The van der Waals surface area contributed by atoms with Gasteiger partial charge in [0.2, 0.25) is 0 Å². The average Bonchev–Trinajstić information content (AvgIpc) is 2.83. The van der Waals surface area contributed by atoms with Crippen LogP contribution < -0.4 is 0 Å². The highest BCUT2D eigenvalue weighted by molar-refractivity contribution is 6.60. The van der Waals surface area contributed by atoms with E-state index in [9.17, 15) is 0 Å². The van der Waals surface area contributed by atoms with Crippen molar-refractivity contribution in [2.75, 3.05) is 0 Å². The number of allylic oxidation sites excluding steroid dienone is 1. The highest BCUT2D eigenvalue weighted by atomic mass is 35.5. The molecule has 1 aliphatic rings. The summed E-state index contributed by atoms with van der Waals surface area (Å²) in [6.07, 6.45) is 5.78. The highest BCUT2D eigenvalue weighted by Gasteiger charge is 2.43. The van der Waals surface area contributed by atoms with Gasteiger partial charge in [-0.3, -0.25) is 0 Å². The number of halogens is 2. The third-order valence-electron chi connectivity index (χ3n) is 2.96. The van der Waals surface area contributed by atoms with Crippen LogP contribution in [0.25, 0.3) is 6.08 Å². The second-order valence-corrected chi connectivity index (χ2v) is 5.73. The van der Waals surface area contributed by atoms with Crippen LogP contribution in [0.15, 0.2) is 30.3 Å². The number of rotatable bonds is 2. The summed E-state index contributed by atoms with van der Waals surface area (Å²) in [5.74, 6) is 0.751. The van der Waals surface area contributed by atoms with Crippen LogP contribution >= 0.6 is 23.2 Å².